The van der Waals surface area contributed by atoms with E-state index in [-0.39, 0.29) is 37.4 Å². The molecule has 1 aromatic heterocycles. The SMILES string of the molecule is O=S1(=O)[C@@H](c2ccccc2)CCCN1Cc1cc(F)c(C2(c3ncn(CCO)n3)CCOCC2)cc1F. The van der Waals surface area contributed by atoms with E-state index >= 15 is 8.78 Å². The molecule has 198 valence electrons. The first-order valence-electron chi connectivity index (χ1n) is 12.5. The van der Waals surface area contributed by atoms with Crippen molar-refractivity contribution in [3.63, 3.8) is 0 Å². The predicted octanol–water partition coefficient (Wildman–Crippen LogP) is 3.31. The summed E-state index contributed by atoms with van der Waals surface area (Å²) in [6.45, 7) is 0.801. The fraction of sp³-hybridized carbons (Fsp3) is 0.462. The molecule has 2 saturated heterocycles. The van der Waals surface area contributed by atoms with Gasteiger partial charge in [0.25, 0.3) is 0 Å². The average molecular weight is 533 g/mol. The third-order valence-corrected chi connectivity index (χ3v) is 9.66. The number of halogens is 2. The summed E-state index contributed by atoms with van der Waals surface area (Å²) in [7, 11) is -3.75. The lowest BCUT2D eigenvalue weighted by Crippen LogP contribution is -2.40. The molecule has 37 heavy (non-hydrogen) atoms. The van der Waals surface area contributed by atoms with E-state index in [1.165, 1.54) is 15.3 Å². The summed E-state index contributed by atoms with van der Waals surface area (Å²) >= 11 is 0. The summed E-state index contributed by atoms with van der Waals surface area (Å²) in [5.74, 6) is -0.959. The van der Waals surface area contributed by atoms with Crippen LogP contribution >= 0.6 is 0 Å². The maximum absolute atomic E-state index is 15.7. The molecular weight excluding hydrogens is 502 g/mol. The van der Waals surface area contributed by atoms with Crippen LogP contribution in [0.2, 0.25) is 0 Å². The van der Waals surface area contributed by atoms with Crippen molar-refractivity contribution in [2.45, 2.75) is 49.4 Å². The van der Waals surface area contributed by atoms with Crippen molar-refractivity contribution in [1.82, 2.24) is 19.1 Å². The van der Waals surface area contributed by atoms with Crippen LogP contribution < -0.4 is 0 Å². The van der Waals surface area contributed by atoms with Crippen LogP contribution in [-0.2, 0) is 33.3 Å². The molecule has 0 unspecified atom stereocenters. The third-order valence-electron chi connectivity index (χ3n) is 7.40. The zero-order valence-electron chi connectivity index (χ0n) is 20.4. The first-order chi connectivity index (χ1) is 17.8. The van der Waals surface area contributed by atoms with Crippen molar-refractivity contribution in [3.8, 4) is 0 Å². The van der Waals surface area contributed by atoms with Crippen molar-refractivity contribution in [1.29, 1.82) is 0 Å². The van der Waals surface area contributed by atoms with Crippen LogP contribution in [0.3, 0.4) is 0 Å². The molecule has 2 aliphatic rings. The van der Waals surface area contributed by atoms with Crippen LogP contribution in [0.15, 0.2) is 48.8 Å². The molecule has 2 fully saturated rings. The van der Waals surface area contributed by atoms with E-state index in [1.54, 1.807) is 24.3 Å². The first-order valence-corrected chi connectivity index (χ1v) is 14.0. The van der Waals surface area contributed by atoms with E-state index in [2.05, 4.69) is 10.1 Å². The molecule has 1 atom stereocenters. The lowest BCUT2D eigenvalue weighted by Gasteiger charge is -2.36. The minimum atomic E-state index is -3.75. The molecule has 3 aromatic rings. The quantitative estimate of drug-likeness (QED) is 0.502. The van der Waals surface area contributed by atoms with Crippen molar-refractivity contribution in [2.24, 2.45) is 0 Å². The normalized spacial score (nSPS) is 21.6. The van der Waals surface area contributed by atoms with Gasteiger partial charge in [-0.2, -0.15) is 9.40 Å². The largest absolute Gasteiger partial charge is 0.394 e. The summed E-state index contributed by atoms with van der Waals surface area (Å²) in [5.41, 5.74) is -0.177. The number of benzene rings is 2. The molecule has 0 amide bonds. The Morgan fingerprint density at radius 3 is 2.59 bits per heavy atom. The molecule has 0 radical (unpaired) electrons. The van der Waals surface area contributed by atoms with Crippen LogP contribution in [0.4, 0.5) is 8.78 Å². The summed E-state index contributed by atoms with van der Waals surface area (Å²) in [6, 6.07) is 11.3. The zero-order chi connectivity index (χ0) is 26.0. The summed E-state index contributed by atoms with van der Waals surface area (Å²) in [5, 5.41) is 12.9. The number of aromatic nitrogens is 3. The maximum Gasteiger partial charge on any atom is 0.221 e. The van der Waals surface area contributed by atoms with E-state index in [1.807, 2.05) is 6.07 Å². The van der Waals surface area contributed by atoms with E-state index < -0.39 is 32.3 Å². The summed E-state index contributed by atoms with van der Waals surface area (Å²) < 4.78 is 66.2. The molecule has 8 nitrogen and oxygen atoms in total. The Bertz CT molecular complexity index is 1340. The molecule has 2 aliphatic heterocycles. The van der Waals surface area contributed by atoms with Crippen LogP contribution in [0.25, 0.3) is 0 Å². The standard InChI is InChI=1S/C26H30F2N4O4S/c27-22-16-21(26(8-13-36-14-9-26)25-29-18-31(30-25)11-12-33)23(28)15-20(22)17-32-10-4-7-24(37(32,34)35)19-5-2-1-3-6-19/h1-3,5-6,15-16,18,24,33H,4,7-14,17H2/t24-/m1/s1. The Morgan fingerprint density at radius 2 is 1.86 bits per heavy atom. The van der Waals surface area contributed by atoms with Gasteiger partial charge in [-0.15, -0.1) is 0 Å². The van der Waals surface area contributed by atoms with E-state index in [0.29, 0.717) is 50.3 Å². The highest BCUT2D eigenvalue weighted by Crippen LogP contribution is 2.42. The Balaban J connectivity index is 1.46. The Kier molecular flexibility index (Phi) is 7.39. The van der Waals surface area contributed by atoms with E-state index in [9.17, 15) is 13.5 Å². The minimum absolute atomic E-state index is 0.0143. The molecule has 0 aliphatic carbocycles. The molecule has 0 spiro atoms. The summed E-state index contributed by atoms with van der Waals surface area (Å²) in [6.07, 6.45) is 3.32. The van der Waals surface area contributed by atoms with Crippen LogP contribution in [-0.4, -0.2) is 59.0 Å². The van der Waals surface area contributed by atoms with Crippen molar-refractivity contribution in [2.75, 3.05) is 26.4 Å². The van der Waals surface area contributed by atoms with Gasteiger partial charge < -0.3 is 9.84 Å². The number of sulfonamides is 1. The lowest BCUT2D eigenvalue weighted by atomic mass is 9.73. The molecule has 11 heteroatoms. The first kappa shape index (κ1) is 25.9. The van der Waals surface area contributed by atoms with E-state index in [4.69, 9.17) is 4.74 Å². The molecule has 3 heterocycles. The van der Waals surface area contributed by atoms with Gasteiger partial charge in [0.2, 0.25) is 10.0 Å². The maximum atomic E-state index is 15.7. The Labute approximate surface area is 214 Å². The fourth-order valence-corrected chi connectivity index (χ4v) is 7.44. The average Bonchev–Trinajstić information content (AvgIpc) is 3.37. The number of aliphatic hydroxyl groups is 1. The molecule has 0 bridgehead atoms. The topological polar surface area (TPSA) is 97.6 Å². The van der Waals surface area contributed by atoms with Gasteiger partial charge in [-0.05, 0) is 43.4 Å². The van der Waals surface area contributed by atoms with Gasteiger partial charge in [-0.1, -0.05) is 30.3 Å². The van der Waals surface area contributed by atoms with Crippen molar-refractivity contribution >= 4 is 10.0 Å². The van der Waals surface area contributed by atoms with Gasteiger partial charge in [0.15, 0.2) is 5.82 Å². The van der Waals surface area contributed by atoms with Crippen LogP contribution in [0.5, 0.6) is 0 Å². The van der Waals surface area contributed by atoms with Gasteiger partial charge in [-0.3, -0.25) is 4.68 Å². The lowest BCUT2D eigenvalue weighted by molar-refractivity contribution is 0.0591. The highest BCUT2D eigenvalue weighted by atomic mass is 32.2. The third kappa shape index (κ3) is 4.93. The van der Waals surface area contributed by atoms with Gasteiger partial charge in [0, 0.05) is 37.4 Å². The number of nitrogens with zero attached hydrogens (tertiary/aromatic N) is 4. The van der Waals surface area contributed by atoms with Gasteiger partial charge in [0.05, 0.1) is 18.6 Å². The second-order valence-corrected chi connectivity index (χ2v) is 11.7. The zero-order valence-corrected chi connectivity index (χ0v) is 21.2. The fourth-order valence-electron chi connectivity index (χ4n) is 5.41. The highest BCUT2D eigenvalue weighted by Gasteiger charge is 2.43. The number of hydrogen-bond acceptors (Lipinski definition) is 6. The number of aliphatic hydroxyl groups excluding tert-OH is 1. The van der Waals surface area contributed by atoms with Gasteiger partial charge in [-0.25, -0.2) is 22.2 Å². The second kappa shape index (κ2) is 10.6. The molecule has 0 saturated carbocycles. The monoisotopic (exact) mass is 532 g/mol. The number of hydrogen-bond donors (Lipinski definition) is 1. The number of rotatable bonds is 7. The van der Waals surface area contributed by atoms with Crippen LogP contribution in [0.1, 0.15) is 53.4 Å². The molecular formula is C26H30F2N4O4S. The van der Waals surface area contributed by atoms with Crippen molar-refractivity contribution in [3.05, 3.63) is 82.9 Å². The number of ether oxygens (including phenoxy) is 1. The Hall–Kier alpha value is -2.73. The molecule has 2 aromatic carbocycles. The van der Waals surface area contributed by atoms with Gasteiger partial charge >= 0.3 is 0 Å². The summed E-state index contributed by atoms with van der Waals surface area (Å²) in [4.78, 5) is 4.36. The van der Waals surface area contributed by atoms with Crippen LogP contribution in [0, 0.1) is 11.6 Å². The second-order valence-electron chi connectivity index (χ2n) is 9.59. The molecule has 5 rings (SSSR count). The smallest absolute Gasteiger partial charge is 0.221 e. The van der Waals surface area contributed by atoms with Crippen molar-refractivity contribution < 1.29 is 27.0 Å². The minimum Gasteiger partial charge on any atom is -0.394 e. The predicted molar refractivity (Wildman–Crippen MR) is 132 cm³/mol. The highest BCUT2D eigenvalue weighted by molar-refractivity contribution is 7.89. The Morgan fingerprint density at radius 1 is 1.11 bits per heavy atom. The van der Waals surface area contributed by atoms with Gasteiger partial charge in [0.1, 0.15) is 23.2 Å². The van der Waals surface area contributed by atoms with E-state index in [0.717, 1.165) is 12.1 Å². The molecule has 1 N–H and O–H groups in total.